The molecule has 0 radical (unpaired) electrons. The molecule has 3 nitrogen and oxygen atoms in total. The van der Waals surface area contributed by atoms with Crippen molar-refractivity contribution in [1.29, 1.82) is 0 Å². The monoisotopic (exact) mass is 204 g/mol. The van der Waals surface area contributed by atoms with Crippen molar-refractivity contribution in [3.8, 4) is 0 Å². The van der Waals surface area contributed by atoms with E-state index in [1.165, 1.54) is 11.3 Å². The number of hydrogen-bond donors (Lipinski definition) is 3. The lowest BCUT2D eigenvalue weighted by atomic mass is 9.84. The van der Waals surface area contributed by atoms with Crippen molar-refractivity contribution in [3.63, 3.8) is 0 Å². The smallest absolute Gasteiger partial charge is 0.0636 e. The fraction of sp³-hybridized carbons (Fsp3) is 0.500. The second-order valence-corrected chi connectivity index (χ2v) is 4.40. The van der Waals surface area contributed by atoms with Crippen LogP contribution in [0.4, 0.5) is 5.69 Å². The maximum absolute atomic E-state index is 9.37. The largest absolute Gasteiger partial charge is 0.394 e. The van der Waals surface area contributed by atoms with Crippen LogP contribution in [0.2, 0.25) is 0 Å². The minimum absolute atomic E-state index is 0.208. The fourth-order valence-electron chi connectivity index (χ4n) is 2.89. The summed E-state index contributed by atoms with van der Waals surface area (Å²) in [7, 11) is 0. The van der Waals surface area contributed by atoms with Crippen LogP contribution in [0.25, 0.3) is 0 Å². The van der Waals surface area contributed by atoms with Crippen LogP contribution in [0, 0.1) is 5.92 Å². The topological polar surface area (TPSA) is 44.3 Å². The van der Waals surface area contributed by atoms with Crippen LogP contribution in [-0.2, 0) is 0 Å². The minimum Gasteiger partial charge on any atom is -0.394 e. The Balaban J connectivity index is 2.03. The van der Waals surface area contributed by atoms with Crippen molar-refractivity contribution in [2.24, 2.45) is 5.92 Å². The Kier molecular flexibility index (Phi) is 2.15. The molecule has 3 rings (SSSR count). The number of fused-ring (bicyclic) bond motifs is 3. The Bertz CT molecular complexity index is 366. The van der Waals surface area contributed by atoms with E-state index in [2.05, 4.69) is 28.8 Å². The first-order valence-electron chi connectivity index (χ1n) is 5.60. The van der Waals surface area contributed by atoms with E-state index in [9.17, 15) is 5.11 Å². The highest BCUT2D eigenvalue weighted by atomic mass is 16.3. The Morgan fingerprint density at radius 1 is 1.33 bits per heavy atom. The summed E-state index contributed by atoms with van der Waals surface area (Å²) in [4.78, 5) is 0. The van der Waals surface area contributed by atoms with Crippen LogP contribution in [0.1, 0.15) is 18.0 Å². The van der Waals surface area contributed by atoms with E-state index >= 15 is 0 Å². The first-order chi connectivity index (χ1) is 7.40. The summed E-state index contributed by atoms with van der Waals surface area (Å²) in [6.45, 7) is 1.28. The van der Waals surface area contributed by atoms with E-state index < -0.39 is 0 Å². The number of hydrogen-bond acceptors (Lipinski definition) is 3. The molecule has 80 valence electrons. The number of benzene rings is 1. The average molecular weight is 204 g/mol. The van der Waals surface area contributed by atoms with Crippen molar-refractivity contribution in [1.82, 2.24) is 5.32 Å². The lowest BCUT2D eigenvalue weighted by molar-refractivity contribution is 0.224. The number of aliphatic hydroxyl groups is 1. The van der Waals surface area contributed by atoms with Crippen molar-refractivity contribution in [2.45, 2.75) is 18.5 Å². The van der Waals surface area contributed by atoms with Crippen LogP contribution in [0.3, 0.4) is 0 Å². The molecule has 0 bridgehead atoms. The second kappa shape index (κ2) is 3.51. The van der Waals surface area contributed by atoms with Gasteiger partial charge in [0.2, 0.25) is 0 Å². The standard InChI is InChI=1S/C12H16N2O/c15-7-11-9-5-6-13-12(9)8-3-1-2-4-10(8)14-11/h1-4,9,11-15H,5-7H2/t9-,11-,12-/m0/s1. The zero-order valence-electron chi connectivity index (χ0n) is 8.61. The highest BCUT2D eigenvalue weighted by Gasteiger charge is 2.38. The van der Waals surface area contributed by atoms with Gasteiger partial charge in [-0.3, -0.25) is 0 Å². The molecule has 1 fully saturated rings. The molecule has 0 saturated carbocycles. The van der Waals surface area contributed by atoms with Gasteiger partial charge in [-0.1, -0.05) is 18.2 Å². The summed E-state index contributed by atoms with van der Waals surface area (Å²) in [6.07, 6.45) is 1.15. The molecule has 3 N–H and O–H groups in total. The zero-order chi connectivity index (χ0) is 10.3. The van der Waals surface area contributed by atoms with Gasteiger partial charge in [0.25, 0.3) is 0 Å². The third-order valence-corrected chi connectivity index (χ3v) is 3.62. The number of para-hydroxylation sites is 1. The molecule has 2 heterocycles. The van der Waals surface area contributed by atoms with Gasteiger partial charge in [0, 0.05) is 17.6 Å². The van der Waals surface area contributed by atoms with E-state index in [4.69, 9.17) is 0 Å². The second-order valence-electron chi connectivity index (χ2n) is 4.40. The van der Waals surface area contributed by atoms with E-state index in [1.54, 1.807) is 0 Å². The van der Waals surface area contributed by atoms with Gasteiger partial charge in [-0.2, -0.15) is 0 Å². The van der Waals surface area contributed by atoms with Gasteiger partial charge in [-0.15, -0.1) is 0 Å². The van der Waals surface area contributed by atoms with E-state index in [1.807, 2.05) is 6.07 Å². The molecular formula is C12H16N2O. The first-order valence-corrected chi connectivity index (χ1v) is 5.60. The molecule has 2 aliphatic rings. The molecule has 3 atom stereocenters. The Hall–Kier alpha value is -1.06. The van der Waals surface area contributed by atoms with E-state index in [0.29, 0.717) is 12.0 Å². The molecule has 0 amide bonds. The highest BCUT2D eigenvalue weighted by Crippen LogP contribution is 2.40. The van der Waals surface area contributed by atoms with Crippen LogP contribution in [-0.4, -0.2) is 24.3 Å². The Morgan fingerprint density at radius 3 is 3.07 bits per heavy atom. The average Bonchev–Trinajstić information content (AvgIpc) is 2.77. The van der Waals surface area contributed by atoms with E-state index in [0.717, 1.165) is 13.0 Å². The van der Waals surface area contributed by atoms with E-state index in [-0.39, 0.29) is 12.6 Å². The van der Waals surface area contributed by atoms with Gasteiger partial charge in [-0.05, 0) is 24.6 Å². The molecule has 0 aromatic heterocycles. The molecule has 0 spiro atoms. The van der Waals surface area contributed by atoms with Crippen LogP contribution < -0.4 is 10.6 Å². The van der Waals surface area contributed by atoms with Gasteiger partial charge in [0.15, 0.2) is 0 Å². The van der Waals surface area contributed by atoms with Crippen molar-refractivity contribution in [2.75, 3.05) is 18.5 Å². The van der Waals surface area contributed by atoms with Gasteiger partial charge in [0.1, 0.15) is 0 Å². The van der Waals surface area contributed by atoms with Gasteiger partial charge in [0.05, 0.1) is 12.6 Å². The van der Waals surface area contributed by atoms with Gasteiger partial charge >= 0.3 is 0 Å². The van der Waals surface area contributed by atoms with Crippen LogP contribution in [0.15, 0.2) is 24.3 Å². The van der Waals surface area contributed by atoms with Gasteiger partial charge in [-0.25, -0.2) is 0 Å². The SMILES string of the molecule is OC[C@@H]1Nc2ccccc2[C@@H]2NCC[C@@H]12. The third kappa shape index (κ3) is 1.34. The summed E-state index contributed by atoms with van der Waals surface area (Å²) < 4.78 is 0. The van der Waals surface area contributed by atoms with Crippen LogP contribution >= 0.6 is 0 Å². The lowest BCUT2D eigenvalue weighted by Gasteiger charge is -2.35. The number of nitrogens with one attached hydrogen (secondary N) is 2. The summed E-state index contributed by atoms with van der Waals surface area (Å²) in [6, 6.07) is 9.02. The van der Waals surface area contributed by atoms with Gasteiger partial charge < -0.3 is 15.7 Å². The Labute approximate surface area is 89.5 Å². The van der Waals surface area contributed by atoms with Crippen molar-refractivity contribution < 1.29 is 5.11 Å². The molecule has 1 saturated heterocycles. The maximum Gasteiger partial charge on any atom is 0.0636 e. The van der Waals surface area contributed by atoms with Crippen molar-refractivity contribution >= 4 is 5.69 Å². The summed E-state index contributed by atoms with van der Waals surface area (Å²) in [5.41, 5.74) is 2.52. The summed E-state index contributed by atoms with van der Waals surface area (Å²) in [5, 5.41) is 16.3. The molecule has 3 heteroatoms. The zero-order valence-corrected chi connectivity index (χ0v) is 8.61. The summed E-state index contributed by atoms with van der Waals surface area (Å²) in [5.74, 6) is 0.532. The maximum atomic E-state index is 9.37. The molecule has 0 unspecified atom stereocenters. The number of aliphatic hydroxyl groups excluding tert-OH is 1. The number of rotatable bonds is 1. The highest BCUT2D eigenvalue weighted by molar-refractivity contribution is 5.56. The van der Waals surface area contributed by atoms with Crippen LogP contribution in [0.5, 0.6) is 0 Å². The predicted molar refractivity (Wildman–Crippen MR) is 59.8 cm³/mol. The van der Waals surface area contributed by atoms with Crippen molar-refractivity contribution in [3.05, 3.63) is 29.8 Å². The molecule has 1 aromatic carbocycles. The number of anilines is 1. The quantitative estimate of drug-likeness (QED) is 0.642. The minimum atomic E-state index is 0.208. The predicted octanol–water partition coefficient (Wildman–Crippen LogP) is 1.12. The molecule has 0 aliphatic carbocycles. The third-order valence-electron chi connectivity index (χ3n) is 3.62. The normalized spacial score (nSPS) is 33.0. The lowest BCUT2D eigenvalue weighted by Crippen LogP contribution is -2.40. The molecule has 15 heavy (non-hydrogen) atoms. The molecule has 1 aromatic rings. The summed E-state index contributed by atoms with van der Waals surface area (Å²) >= 11 is 0. The first kappa shape index (κ1) is 9.19. The molecule has 2 aliphatic heterocycles. The fourth-order valence-corrected chi connectivity index (χ4v) is 2.89. The molecular weight excluding hydrogens is 188 g/mol. The Morgan fingerprint density at radius 2 is 2.20 bits per heavy atom.